The maximum absolute atomic E-state index is 12.2. The number of piperidine rings is 1. The zero-order valence-electron chi connectivity index (χ0n) is 15.4. The van der Waals surface area contributed by atoms with Crippen molar-refractivity contribution in [1.29, 1.82) is 0 Å². The number of nitrogens with zero attached hydrogens (tertiary/aromatic N) is 2. The molecule has 0 aliphatic carbocycles. The Morgan fingerprint density at radius 1 is 1.36 bits per heavy atom. The van der Waals surface area contributed by atoms with E-state index in [0.717, 1.165) is 68.6 Å². The molecular formula is C20H30N4O. The van der Waals surface area contributed by atoms with E-state index in [0.29, 0.717) is 6.04 Å². The first-order valence-corrected chi connectivity index (χ1v) is 9.62. The fraction of sp³-hybridized carbons (Fsp3) is 0.600. The number of rotatable bonds is 7. The monoisotopic (exact) mass is 342 g/mol. The van der Waals surface area contributed by atoms with Crippen LogP contribution in [0.4, 0.5) is 0 Å². The molecule has 1 aromatic heterocycles. The van der Waals surface area contributed by atoms with Gasteiger partial charge in [0.05, 0.1) is 17.6 Å². The van der Waals surface area contributed by atoms with E-state index in [2.05, 4.69) is 33.2 Å². The number of hydrogen-bond acceptors (Lipinski definition) is 3. The van der Waals surface area contributed by atoms with Crippen molar-refractivity contribution in [3.63, 3.8) is 0 Å². The Balaban J connectivity index is 1.44. The van der Waals surface area contributed by atoms with Crippen molar-refractivity contribution < 1.29 is 4.79 Å². The van der Waals surface area contributed by atoms with Gasteiger partial charge in [-0.3, -0.25) is 9.69 Å². The van der Waals surface area contributed by atoms with Gasteiger partial charge in [0, 0.05) is 25.0 Å². The zero-order chi connectivity index (χ0) is 17.6. The molecule has 1 fully saturated rings. The smallest absolute Gasteiger partial charge is 0.223 e. The molecule has 0 saturated carbocycles. The predicted molar refractivity (Wildman–Crippen MR) is 101 cm³/mol. The summed E-state index contributed by atoms with van der Waals surface area (Å²) in [5, 5.41) is 3.24. The molecule has 25 heavy (non-hydrogen) atoms. The molecule has 0 radical (unpaired) electrons. The number of benzene rings is 1. The van der Waals surface area contributed by atoms with Gasteiger partial charge in [-0.25, -0.2) is 4.98 Å². The van der Waals surface area contributed by atoms with Crippen molar-refractivity contribution in [3.8, 4) is 0 Å². The van der Waals surface area contributed by atoms with Crippen LogP contribution in [0, 0.1) is 5.92 Å². The van der Waals surface area contributed by atoms with E-state index in [1.54, 1.807) is 0 Å². The minimum atomic E-state index is 0.133. The molecule has 1 unspecified atom stereocenters. The van der Waals surface area contributed by atoms with Gasteiger partial charge in [-0.1, -0.05) is 38.8 Å². The van der Waals surface area contributed by atoms with E-state index in [1.807, 2.05) is 25.1 Å². The van der Waals surface area contributed by atoms with Crippen molar-refractivity contribution in [2.75, 3.05) is 13.1 Å². The predicted octanol–water partition coefficient (Wildman–Crippen LogP) is 3.47. The molecule has 2 N–H and O–H groups in total. The number of nitrogens with one attached hydrogen (secondary N) is 2. The molecular weight excluding hydrogens is 312 g/mol. The molecule has 1 aliphatic rings. The second-order valence-corrected chi connectivity index (χ2v) is 7.30. The maximum Gasteiger partial charge on any atom is 0.223 e. The summed E-state index contributed by atoms with van der Waals surface area (Å²) in [6.07, 6.45) is 5.31. The molecule has 0 spiro atoms. The van der Waals surface area contributed by atoms with Crippen molar-refractivity contribution >= 4 is 16.9 Å². The number of imidazole rings is 1. The number of aromatic amines is 1. The molecule has 2 aromatic rings. The van der Waals surface area contributed by atoms with Crippen LogP contribution in [0.25, 0.3) is 11.0 Å². The Morgan fingerprint density at radius 3 is 2.84 bits per heavy atom. The molecule has 1 saturated heterocycles. The summed E-state index contributed by atoms with van der Waals surface area (Å²) < 4.78 is 0. The number of likely N-dealkylation sites (tertiary alicyclic amines) is 1. The molecule has 0 bridgehead atoms. The Morgan fingerprint density at radius 2 is 2.12 bits per heavy atom. The summed E-state index contributed by atoms with van der Waals surface area (Å²) in [5.41, 5.74) is 2.13. The Bertz CT molecular complexity index is 655. The molecule has 2 heterocycles. The first-order chi connectivity index (χ1) is 12.2. The van der Waals surface area contributed by atoms with E-state index in [4.69, 9.17) is 0 Å². The number of fused-ring (bicyclic) bond motifs is 1. The van der Waals surface area contributed by atoms with Gasteiger partial charge in [0.25, 0.3) is 0 Å². The summed E-state index contributed by atoms with van der Waals surface area (Å²) in [6.45, 7) is 7.07. The second kappa shape index (κ2) is 8.48. The highest BCUT2D eigenvalue weighted by atomic mass is 16.1. The number of carbonyl (C=O) groups is 1. The average molecular weight is 342 g/mol. The van der Waals surface area contributed by atoms with Crippen LogP contribution in [-0.4, -0.2) is 39.9 Å². The maximum atomic E-state index is 12.2. The number of amides is 1. The highest BCUT2D eigenvalue weighted by Gasteiger charge is 2.23. The fourth-order valence-electron chi connectivity index (χ4n) is 3.51. The van der Waals surface area contributed by atoms with Crippen LogP contribution in [0.3, 0.4) is 0 Å². The normalized spacial score (nSPS) is 17.7. The summed E-state index contributed by atoms with van der Waals surface area (Å²) in [7, 11) is 0. The van der Waals surface area contributed by atoms with Gasteiger partial charge in [0.15, 0.2) is 0 Å². The summed E-state index contributed by atoms with van der Waals surface area (Å²) in [4.78, 5) is 22.7. The third-order valence-corrected chi connectivity index (χ3v) is 5.18. The zero-order valence-corrected chi connectivity index (χ0v) is 15.4. The van der Waals surface area contributed by atoms with Crippen molar-refractivity contribution in [3.05, 3.63) is 30.1 Å². The van der Waals surface area contributed by atoms with E-state index in [-0.39, 0.29) is 11.8 Å². The molecule has 5 heteroatoms. The van der Waals surface area contributed by atoms with Crippen LogP contribution >= 0.6 is 0 Å². The topological polar surface area (TPSA) is 61.0 Å². The third-order valence-electron chi connectivity index (χ3n) is 5.18. The van der Waals surface area contributed by atoms with E-state index in [1.165, 1.54) is 0 Å². The lowest BCUT2D eigenvalue weighted by molar-refractivity contribution is -0.125. The number of aromatic nitrogens is 2. The third kappa shape index (κ3) is 4.82. The molecule has 1 amide bonds. The highest BCUT2D eigenvalue weighted by Crippen LogP contribution is 2.16. The minimum Gasteiger partial charge on any atom is -0.353 e. The summed E-state index contributed by atoms with van der Waals surface area (Å²) in [5.74, 6) is 1.38. The summed E-state index contributed by atoms with van der Waals surface area (Å²) >= 11 is 0. The van der Waals surface area contributed by atoms with Crippen LogP contribution in [0.15, 0.2) is 24.3 Å². The first kappa shape index (κ1) is 17.9. The van der Waals surface area contributed by atoms with Crippen LogP contribution in [-0.2, 0) is 11.3 Å². The van der Waals surface area contributed by atoms with E-state index >= 15 is 0 Å². The molecule has 1 atom stereocenters. The second-order valence-electron chi connectivity index (χ2n) is 7.30. The van der Waals surface area contributed by atoms with Gasteiger partial charge in [0.1, 0.15) is 5.82 Å². The van der Waals surface area contributed by atoms with Crippen LogP contribution in [0.2, 0.25) is 0 Å². The van der Waals surface area contributed by atoms with E-state index in [9.17, 15) is 4.79 Å². The van der Waals surface area contributed by atoms with Gasteiger partial charge in [-0.15, -0.1) is 0 Å². The van der Waals surface area contributed by atoms with Crippen LogP contribution in [0.1, 0.15) is 51.8 Å². The Kier molecular flexibility index (Phi) is 6.08. The highest BCUT2D eigenvalue weighted by molar-refractivity contribution is 5.78. The number of para-hydroxylation sites is 2. The quantitative estimate of drug-likeness (QED) is 0.810. The van der Waals surface area contributed by atoms with Crippen LogP contribution < -0.4 is 5.32 Å². The number of carbonyl (C=O) groups excluding carboxylic acids is 1. The summed E-state index contributed by atoms with van der Waals surface area (Å²) in [6, 6.07) is 8.47. The molecule has 5 nitrogen and oxygen atoms in total. The Labute approximate surface area is 150 Å². The SMILES string of the molecule is CCCCC(C)C(=O)NC1CCN(Cc2nc3ccccc3[nH]2)CC1. The van der Waals surface area contributed by atoms with Gasteiger partial charge < -0.3 is 10.3 Å². The molecule has 136 valence electrons. The lowest BCUT2D eigenvalue weighted by Crippen LogP contribution is -2.45. The fourth-order valence-corrected chi connectivity index (χ4v) is 3.51. The number of hydrogen-bond donors (Lipinski definition) is 2. The van der Waals surface area contributed by atoms with Gasteiger partial charge in [0.2, 0.25) is 5.91 Å². The van der Waals surface area contributed by atoms with E-state index < -0.39 is 0 Å². The minimum absolute atomic E-state index is 0.133. The van der Waals surface area contributed by atoms with Gasteiger partial charge >= 0.3 is 0 Å². The number of H-pyrrole nitrogens is 1. The van der Waals surface area contributed by atoms with Gasteiger partial charge in [-0.05, 0) is 31.4 Å². The lowest BCUT2D eigenvalue weighted by atomic mass is 10.0. The molecule has 1 aliphatic heterocycles. The first-order valence-electron chi connectivity index (χ1n) is 9.62. The lowest BCUT2D eigenvalue weighted by Gasteiger charge is -2.32. The van der Waals surface area contributed by atoms with Crippen molar-refractivity contribution in [2.45, 2.75) is 58.5 Å². The number of unbranched alkanes of at least 4 members (excludes halogenated alkanes) is 1. The largest absolute Gasteiger partial charge is 0.353 e. The van der Waals surface area contributed by atoms with Gasteiger partial charge in [-0.2, -0.15) is 0 Å². The Hall–Kier alpha value is -1.88. The molecule has 1 aromatic carbocycles. The van der Waals surface area contributed by atoms with Crippen molar-refractivity contribution in [1.82, 2.24) is 20.2 Å². The molecule has 3 rings (SSSR count). The standard InChI is InChI=1S/C20H30N4O/c1-3-4-7-15(2)20(25)21-16-10-12-24(13-11-16)14-19-22-17-8-5-6-9-18(17)23-19/h5-6,8-9,15-16H,3-4,7,10-14H2,1-2H3,(H,21,25)(H,22,23). The average Bonchev–Trinajstić information content (AvgIpc) is 3.03. The van der Waals surface area contributed by atoms with Crippen LogP contribution in [0.5, 0.6) is 0 Å². The van der Waals surface area contributed by atoms with Crippen molar-refractivity contribution in [2.24, 2.45) is 5.92 Å².